The van der Waals surface area contributed by atoms with Crippen molar-refractivity contribution in [3.63, 3.8) is 0 Å². The first-order chi connectivity index (χ1) is 6.68. The molecule has 1 unspecified atom stereocenters. The Hall–Kier alpha value is -0.330. The van der Waals surface area contributed by atoms with Crippen LogP contribution in [0.4, 0.5) is 0 Å². The van der Waals surface area contributed by atoms with Crippen LogP contribution >= 0.6 is 0 Å². The quantitative estimate of drug-likeness (QED) is 0.507. The van der Waals surface area contributed by atoms with E-state index in [0.717, 1.165) is 12.8 Å². The topological polar surface area (TPSA) is 17.1 Å². The van der Waals surface area contributed by atoms with Crippen molar-refractivity contribution in [3.8, 4) is 0 Å². The summed E-state index contributed by atoms with van der Waals surface area (Å²) in [6, 6.07) is 0. The minimum Gasteiger partial charge on any atom is -0.299 e. The Kier molecular flexibility index (Phi) is 9.02. The van der Waals surface area contributed by atoms with E-state index < -0.39 is 0 Å². The second kappa shape index (κ2) is 9.23. The number of carbonyl (C=O) groups excluding carboxylic acids is 1. The highest BCUT2D eigenvalue weighted by Crippen LogP contribution is 2.10. The van der Waals surface area contributed by atoms with E-state index in [-0.39, 0.29) is 5.92 Å². The summed E-state index contributed by atoms with van der Waals surface area (Å²) in [7, 11) is 0. The Morgan fingerprint density at radius 3 is 2.07 bits per heavy atom. The molecule has 1 nitrogen and oxygen atoms in total. The minimum atomic E-state index is -0.0184. The van der Waals surface area contributed by atoms with Gasteiger partial charge in [0.2, 0.25) is 0 Å². The molecule has 1 radical (unpaired) electrons. The predicted octanol–water partition coefficient (Wildman–Crippen LogP) is 4.17. The normalized spacial score (nSPS) is 10.9. The van der Waals surface area contributed by atoms with Crippen molar-refractivity contribution in [3.05, 3.63) is 6.92 Å². The van der Waals surface area contributed by atoms with E-state index in [1.165, 1.54) is 38.5 Å². The van der Waals surface area contributed by atoms with Crippen LogP contribution in [0.2, 0.25) is 0 Å². The standard InChI is InChI=1S/C13H25O/c1-4-5-6-7-8-9-10-11-13(14)12(2)3/h12H,2,4-11H2,1,3H3. The first kappa shape index (κ1) is 13.7. The molecular weight excluding hydrogens is 172 g/mol. The number of rotatable bonds is 9. The van der Waals surface area contributed by atoms with E-state index in [1.54, 1.807) is 0 Å². The SMILES string of the molecule is [CH2]C(C)C(=O)CCCCCCCCC. The number of hydrogen-bond donors (Lipinski definition) is 0. The van der Waals surface area contributed by atoms with Gasteiger partial charge < -0.3 is 0 Å². The first-order valence-corrected chi connectivity index (χ1v) is 6.04. The van der Waals surface area contributed by atoms with Gasteiger partial charge in [-0.1, -0.05) is 52.4 Å². The van der Waals surface area contributed by atoms with Crippen LogP contribution in [0.15, 0.2) is 0 Å². The van der Waals surface area contributed by atoms with Crippen molar-refractivity contribution in [2.75, 3.05) is 0 Å². The van der Waals surface area contributed by atoms with E-state index in [2.05, 4.69) is 13.8 Å². The molecule has 0 N–H and O–H groups in total. The maximum Gasteiger partial charge on any atom is 0.135 e. The number of hydrogen-bond acceptors (Lipinski definition) is 1. The van der Waals surface area contributed by atoms with Gasteiger partial charge in [0.15, 0.2) is 0 Å². The second-order valence-corrected chi connectivity index (χ2v) is 4.24. The molecule has 0 aliphatic carbocycles. The summed E-state index contributed by atoms with van der Waals surface area (Å²) < 4.78 is 0. The third kappa shape index (κ3) is 8.28. The van der Waals surface area contributed by atoms with E-state index >= 15 is 0 Å². The number of Topliss-reactive ketones (excluding diaryl/α,β-unsaturated/α-hetero) is 1. The van der Waals surface area contributed by atoms with Crippen LogP contribution < -0.4 is 0 Å². The predicted molar refractivity (Wildman–Crippen MR) is 62.1 cm³/mol. The molecule has 0 fully saturated rings. The highest BCUT2D eigenvalue weighted by atomic mass is 16.1. The van der Waals surface area contributed by atoms with Crippen LogP contribution in [0.1, 0.15) is 65.2 Å². The molecule has 83 valence electrons. The molecule has 0 aliphatic heterocycles. The first-order valence-electron chi connectivity index (χ1n) is 6.04. The van der Waals surface area contributed by atoms with Crippen LogP contribution in [-0.4, -0.2) is 5.78 Å². The van der Waals surface area contributed by atoms with Gasteiger partial charge in [-0.25, -0.2) is 0 Å². The molecule has 0 saturated heterocycles. The lowest BCUT2D eigenvalue weighted by atomic mass is 10.0. The van der Waals surface area contributed by atoms with Gasteiger partial charge >= 0.3 is 0 Å². The fourth-order valence-electron chi connectivity index (χ4n) is 1.50. The Bertz CT molecular complexity index is 138. The molecular formula is C13H25O. The fraction of sp³-hybridized carbons (Fsp3) is 0.846. The van der Waals surface area contributed by atoms with Gasteiger partial charge in [0.1, 0.15) is 5.78 Å². The Morgan fingerprint density at radius 1 is 1.07 bits per heavy atom. The van der Waals surface area contributed by atoms with Crippen molar-refractivity contribution < 1.29 is 4.79 Å². The number of unbranched alkanes of at least 4 members (excludes halogenated alkanes) is 6. The van der Waals surface area contributed by atoms with Gasteiger partial charge in [0, 0.05) is 12.3 Å². The van der Waals surface area contributed by atoms with Crippen molar-refractivity contribution in [1.82, 2.24) is 0 Å². The van der Waals surface area contributed by atoms with Crippen LogP contribution in [0.25, 0.3) is 0 Å². The van der Waals surface area contributed by atoms with Crippen LogP contribution in [0.3, 0.4) is 0 Å². The van der Waals surface area contributed by atoms with E-state index in [9.17, 15) is 4.79 Å². The summed E-state index contributed by atoms with van der Waals surface area (Å²) >= 11 is 0. The average Bonchev–Trinajstić information content (AvgIpc) is 2.16. The van der Waals surface area contributed by atoms with Gasteiger partial charge in [0.25, 0.3) is 0 Å². The zero-order valence-electron chi connectivity index (χ0n) is 9.85. The van der Waals surface area contributed by atoms with Crippen molar-refractivity contribution in [2.24, 2.45) is 5.92 Å². The van der Waals surface area contributed by atoms with E-state index in [0.29, 0.717) is 5.78 Å². The Labute approximate surface area is 89.3 Å². The van der Waals surface area contributed by atoms with Gasteiger partial charge in [0.05, 0.1) is 0 Å². The summed E-state index contributed by atoms with van der Waals surface area (Å²) in [5.41, 5.74) is 0. The molecule has 1 atom stereocenters. The lowest BCUT2D eigenvalue weighted by Gasteiger charge is -2.03. The van der Waals surface area contributed by atoms with Gasteiger partial charge in [-0.3, -0.25) is 4.79 Å². The molecule has 0 spiro atoms. The minimum absolute atomic E-state index is 0.0184. The molecule has 0 aromatic carbocycles. The third-order valence-electron chi connectivity index (χ3n) is 2.58. The molecule has 0 aromatic rings. The summed E-state index contributed by atoms with van der Waals surface area (Å²) in [5, 5.41) is 0. The highest BCUT2D eigenvalue weighted by molar-refractivity contribution is 5.81. The molecule has 1 heteroatoms. The third-order valence-corrected chi connectivity index (χ3v) is 2.58. The zero-order chi connectivity index (χ0) is 10.8. The zero-order valence-corrected chi connectivity index (χ0v) is 9.85. The Balaban J connectivity index is 3.10. The van der Waals surface area contributed by atoms with Crippen LogP contribution in [-0.2, 0) is 4.79 Å². The van der Waals surface area contributed by atoms with Gasteiger partial charge in [-0.15, -0.1) is 0 Å². The average molecular weight is 197 g/mol. The molecule has 0 bridgehead atoms. The highest BCUT2D eigenvalue weighted by Gasteiger charge is 2.05. The number of carbonyl (C=O) groups is 1. The summed E-state index contributed by atoms with van der Waals surface area (Å²) in [6.07, 6.45) is 9.65. The van der Waals surface area contributed by atoms with Crippen LogP contribution in [0.5, 0.6) is 0 Å². The molecule has 0 amide bonds. The summed E-state index contributed by atoms with van der Waals surface area (Å²) in [6.45, 7) is 7.84. The number of ketones is 1. The molecule has 0 aliphatic rings. The van der Waals surface area contributed by atoms with E-state index in [1.807, 2.05) is 6.92 Å². The van der Waals surface area contributed by atoms with Crippen molar-refractivity contribution in [2.45, 2.75) is 65.2 Å². The lowest BCUT2D eigenvalue weighted by molar-refractivity contribution is -0.121. The second-order valence-electron chi connectivity index (χ2n) is 4.24. The molecule has 14 heavy (non-hydrogen) atoms. The summed E-state index contributed by atoms with van der Waals surface area (Å²) in [5.74, 6) is 0.300. The Morgan fingerprint density at radius 2 is 1.57 bits per heavy atom. The van der Waals surface area contributed by atoms with Gasteiger partial charge in [-0.2, -0.15) is 0 Å². The molecule has 0 saturated carbocycles. The lowest BCUT2D eigenvalue weighted by Crippen LogP contribution is -2.06. The molecule has 0 rings (SSSR count). The van der Waals surface area contributed by atoms with Crippen molar-refractivity contribution >= 4 is 5.78 Å². The molecule has 0 heterocycles. The van der Waals surface area contributed by atoms with Gasteiger partial charge in [-0.05, 0) is 13.3 Å². The van der Waals surface area contributed by atoms with Crippen LogP contribution in [0, 0.1) is 12.8 Å². The maximum absolute atomic E-state index is 11.2. The maximum atomic E-state index is 11.2. The largest absolute Gasteiger partial charge is 0.299 e. The monoisotopic (exact) mass is 197 g/mol. The van der Waals surface area contributed by atoms with Crippen molar-refractivity contribution in [1.29, 1.82) is 0 Å². The summed E-state index contributed by atoms with van der Waals surface area (Å²) in [4.78, 5) is 11.2. The smallest absolute Gasteiger partial charge is 0.135 e. The molecule has 0 aromatic heterocycles. The van der Waals surface area contributed by atoms with E-state index in [4.69, 9.17) is 0 Å². The fourth-order valence-corrected chi connectivity index (χ4v) is 1.50.